The molecule has 0 bridgehead atoms. The van der Waals surface area contributed by atoms with Gasteiger partial charge in [0.25, 0.3) is 12.4 Å². The van der Waals surface area contributed by atoms with Gasteiger partial charge in [0.15, 0.2) is 17.3 Å². The zero-order valence-electron chi connectivity index (χ0n) is 13.9. The Morgan fingerprint density at radius 3 is 2.85 bits per heavy atom. The van der Waals surface area contributed by atoms with Gasteiger partial charge in [0.05, 0.1) is 13.2 Å². The third kappa shape index (κ3) is 3.57. The van der Waals surface area contributed by atoms with Crippen molar-refractivity contribution in [2.24, 2.45) is 7.05 Å². The van der Waals surface area contributed by atoms with Gasteiger partial charge in [-0.15, -0.1) is 5.10 Å². The van der Waals surface area contributed by atoms with E-state index in [9.17, 15) is 4.79 Å². The number of aryl methyl sites for hydroxylation is 1. The molecule has 4 rings (SSSR count). The molecule has 138 valence electrons. The molecule has 2 aliphatic heterocycles. The minimum Gasteiger partial charge on any atom is -0.483 e. The molecule has 1 N–H and O–H groups in total. The number of ether oxygens (including phenoxy) is 3. The lowest BCUT2D eigenvalue weighted by molar-refractivity contribution is -0.122. The van der Waals surface area contributed by atoms with Gasteiger partial charge in [0.1, 0.15) is 6.10 Å². The van der Waals surface area contributed by atoms with Crippen LogP contribution in [-0.4, -0.2) is 69.1 Å². The topological polar surface area (TPSA) is 129 Å². The van der Waals surface area contributed by atoms with Gasteiger partial charge in [-0.3, -0.25) is 9.59 Å². The van der Waals surface area contributed by atoms with Gasteiger partial charge in [-0.05, 0) is 28.6 Å². The second-order valence-electron chi connectivity index (χ2n) is 5.44. The van der Waals surface area contributed by atoms with Crippen LogP contribution >= 0.6 is 0 Å². The number of carbonyl (C=O) groups is 2. The Kier molecular flexibility index (Phi) is 5.27. The van der Waals surface area contributed by atoms with E-state index >= 15 is 0 Å². The van der Waals surface area contributed by atoms with E-state index in [4.69, 9.17) is 24.1 Å². The lowest BCUT2D eigenvalue weighted by atomic mass is 10.1. The number of aromatic nitrogens is 4. The van der Waals surface area contributed by atoms with E-state index in [1.54, 1.807) is 34.8 Å². The molecule has 0 radical (unpaired) electrons. The highest BCUT2D eigenvalue weighted by Gasteiger charge is 2.29. The first-order valence-electron chi connectivity index (χ1n) is 7.74. The van der Waals surface area contributed by atoms with E-state index < -0.39 is 0 Å². The van der Waals surface area contributed by atoms with Crippen molar-refractivity contribution >= 4 is 12.4 Å². The van der Waals surface area contributed by atoms with Crippen molar-refractivity contribution in [2.45, 2.75) is 6.10 Å². The number of hydrogen-bond donors (Lipinski definition) is 1. The Bertz CT molecular complexity index is 795. The van der Waals surface area contributed by atoms with Gasteiger partial charge in [0, 0.05) is 19.2 Å². The summed E-state index contributed by atoms with van der Waals surface area (Å²) in [6.07, 6.45) is -0.332. The molecule has 0 saturated carbocycles. The zero-order valence-corrected chi connectivity index (χ0v) is 13.9. The fourth-order valence-corrected chi connectivity index (χ4v) is 2.71. The molecule has 1 amide bonds. The summed E-state index contributed by atoms with van der Waals surface area (Å²) in [4.78, 5) is 22.8. The standard InChI is InChI=1S/C14H15N5O4.CH2O2/c1-18-13(15-16-17-18)12-7-19(4-5-21-12)14(20)9-2-3-10-11(6-9)23-8-22-10;2-1-3/h2-3,6,12H,4-5,7-8H2,1H3;1H,(H,2,3). The van der Waals surface area contributed by atoms with Crippen LogP contribution in [0.15, 0.2) is 18.2 Å². The average molecular weight is 363 g/mol. The van der Waals surface area contributed by atoms with Crippen LogP contribution in [0.5, 0.6) is 11.5 Å². The van der Waals surface area contributed by atoms with Crippen LogP contribution in [0.1, 0.15) is 22.3 Å². The molecule has 11 nitrogen and oxygen atoms in total. The van der Waals surface area contributed by atoms with E-state index in [0.29, 0.717) is 42.6 Å². The van der Waals surface area contributed by atoms with Gasteiger partial charge in [0.2, 0.25) is 6.79 Å². The number of carbonyl (C=O) groups excluding carboxylic acids is 1. The maximum absolute atomic E-state index is 12.7. The summed E-state index contributed by atoms with van der Waals surface area (Å²) in [5.41, 5.74) is 0.561. The molecule has 0 spiro atoms. The van der Waals surface area contributed by atoms with Gasteiger partial charge >= 0.3 is 0 Å². The highest BCUT2D eigenvalue weighted by molar-refractivity contribution is 5.95. The minimum absolute atomic E-state index is 0.0771. The maximum Gasteiger partial charge on any atom is 0.290 e. The number of fused-ring (bicyclic) bond motifs is 1. The number of benzene rings is 1. The van der Waals surface area contributed by atoms with Crippen molar-refractivity contribution in [1.29, 1.82) is 0 Å². The SMILES string of the molecule is Cn1nnnc1C1CN(C(=O)c2ccc3c(c2)OCO3)CCO1.O=CO. The van der Waals surface area contributed by atoms with Crippen molar-refractivity contribution < 1.29 is 28.9 Å². The Morgan fingerprint density at radius 1 is 1.35 bits per heavy atom. The smallest absolute Gasteiger partial charge is 0.290 e. The van der Waals surface area contributed by atoms with Crippen LogP contribution in [0, 0.1) is 0 Å². The van der Waals surface area contributed by atoms with Crippen LogP contribution in [-0.2, 0) is 16.6 Å². The van der Waals surface area contributed by atoms with E-state index in [1.807, 2.05) is 0 Å². The summed E-state index contributed by atoms with van der Waals surface area (Å²) in [7, 11) is 1.75. The van der Waals surface area contributed by atoms with Crippen molar-refractivity contribution in [3.63, 3.8) is 0 Å². The Labute approximate surface area is 148 Å². The van der Waals surface area contributed by atoms with Crippen molar-refractivity contribution in [3.05, 3.63) is 29.6 Å². The molecule has 1 atom stereocenters. The number of nitrogens with zero attached hydrogens (tertiary/aromatic N) is 5. The van der Waals surface area contributed by atoms with E-state index in [1.165, 1.54) is 0 Å². The van der Waals surface area contributed by atoms with Gasteiger partial charge in [-0.25, -0.2) is 4.68 Å². The molecule has 26 heavy (non-hydrogen) atoms. The fourth-order valence-electron chi connectivity index (χ4n) is 2.71. The molecule has 1 aromatic carbocycles. The highest BCUT2D eigenvalue weighted by atomic mass is 16.7. The Balaban J connectivity index is 0.000000613. The second kappa shape index (κ2) is 7.78. The number of hydrogen-bond acceptors (Lipinski definition) is 8. The molecular weight excluding hydrogens is 346 g/mol. The van der Waals surface area contributed by atoms with Crippen molar-refractivity contribution in [3.8, 4) is 11.5 Å². The molecule has 1 aromatic heterocycles. The van der Waals surface area contributed by atoms with Crippen LogP contribution in [0.2, 0.25) is 0 Å². The molecule has 1 fully saturated rings. The molecule has 3 heterocycles. The number of morpholine rings is 1. The molecule has 1 unspecified atom stereocenters. The number of carboxylic acid groups (broad SMARTS) is 1. The molecular formula is C15H17N5O6. The average Bonchev–Trinajstić information content (AvgIpc) is 3.29. The quantitative estimate of drug-likeness (QED) is 0.724. The lowest BCUT2D eigenvalue weighted by Gasteiger charge is -2.32. The zero-order chi connectivity index (χ0) is 18.5. The molecule has 2 aromatic rings. The predicted molar refractivity (Wildman–Crippen MR) is 84.7 cm³/mol. The van der Waals surface area contributed by atoms with Gasteiger partial charge in [-0.2, -0.15) is 0 Å². The van der Waals surface area contributed by atoms with Crippen molar-refractivity contribution in [2.75, 3.05) is 26.5 Å². The first kappa shape index (κ1) is 17.6. The molecule has 11 heteroatoms. The summed E-state index contributed by atoms with van der Waals surface area (Å²) >= 11 is 0. The van der Waals surface area contributed by atoms with E-state index in [-0.39, 0.29) is 25.3 Å². The predicted octanol–water partition coefficient (Wildman–Crippen LogP) is -0.147. The summed E-state index contributed by atoms with van der Waals surface area (Å²) in [5, 5.41) is 18.3. The largest absolute Gasteiger partial charge is 0.483 e. The summed E-state index contributed by atoms with van der Waals surface area (Å²) < 4.78 is 17.8. The third-order valence-electron chi connectivity index (χ3n) is 3.91. The summed E-state index contributed by atoms with van der Waals surface area (Å²) in [6, 6.07) is 5.20. The monoisotopic (exact) mass is 363 g/mol. The third-order valence-corrected chi connectivity index (χ3v) is 3.91. The highest BCUT2D eigenvalue weighted by Crippen LogP contribution is 2.33. The minimum atomic E-state index is -0.332. The molecule has 1 saturated heterocycles. The summed E-state index contributed by atoms with van der Waals surface area (Å²) in [6.45, 7) is 1.30. The Hall–Kier alpha value is -3.21. The van der Waals surface area contributed by atoms with Gasteiger partial charge in [-0.1, -0.05) is 0 Å². The molecule has 0 aliphatic carbocycles. The summed E-state index contributed by atoms with van der Waals surface area (Å²) in [5.74, 6) is 1.78. The number of amides is 1. The number of rotatable bonds is 2. The first-order valence-corrected chi connectivity index (χ1v) is 7.74. The van der Waals surface area contributed by atoms with Gasteiger partial charge < -0.3 is 24.2 Å². The normalized spacial score (nSPS) is 18.0. The van der Waals surface area contributed by atoms with E-state index in [2.05, 4.69) is 15.5 Å². The second-order valence-corrected chi connectivity index (χ2v) is 5.44. The molecule has 2 aliphatic rings. The first-order chi connectivity index (χ1) is 12.6. The van der Waals surface area contributed by atoms with Crippen LogP contribution in [0.3, 0.4) is 0 Å². The number of tetrazole rings is 1. The van der Waals surface area contributed by atoms with Crippen LogP contribution in [0.4, 0.5) is 0 Å². The lowest BCUT2D eigenvalue weighted by Crippen LogP contribution is -2.42. The van der Waals surface area contributed by atoms with E-state index in [0.717, 1.165) is 0 Å². The van der Waals surface area contributed by atoms with Crippen LogP contribution in [0.25, 0.3) is 0 Å². The van der Waals surface area contributed by atoms with Crippen molar-refractivity contribution in [1.82, 2.24) is 25.1 Å². The Morgan fingerprint density at radius 2 is 2.12 bits per heavy atom. The van der Waals surface area contributed by atoms with Crippen LogP contribution < -0.4 is 9.47 Å². The maximum atomic E-state index is 12.7. The fraction of sp³-hybridized carbons (Fsp3) is 0.400.